The molecule has 0 aromatic heterocycles. The maximum Gasteiger partial charge on any atom is 0.265 e. The van der Waals surface area contributed by atoms with Crippen LogP contribution in [0.3, 0.4) is 0 Å². The van der Waals surface area contributed by atoms with Crippen LogP contribution < -0.4 is 19.5 Å². The van der Waals surface area contributed by atoms with Gasteiger partial charge in [-0.1, -0.05) is 18.6 Å². The van der Waals surface area contributed by atoms with Crippen LogP contribution in [0.5, 0.6) is 11.5 Å². The smallest absolute Gasteiger partial charge is 0.265 e. The fraction of sp³-hybridized carbons (Fsp3) is 0.435. The first-order valence-electron chi connectivity index (χ1n) is 10.6. The monoisotopic (exact) mass is 459 g/mol. The number of likely N-dealkylation sites (N-methyl/N-ethyl adjacent to an activating group) is 1. The molecule has 2 aliphatic rings. The molecule has 1 fully saturated rings. The number of rotatable bonds is 8. The van der Waals surface area contributed by atoms with Gasteiger partial charge in [-0.3, -0.25) is 9.52 Å². The highest BCUT2D eigenvalue weighted by atomic mass is 32.2. The van der Waals surface area contributed by atoms with Gasteiger partial charge in [0.25, 0.3) is 10.0 Å². The Bertz CT molecular complexity index is 1140. The second-order valence-electron chi connectivity index (χ2n) is 8.73. The van der Waals surface area contributed by atoms with Crippen molar-refractivity contribution in [1.82, 2.24) is 4.90 Å². The molecular weight excluding hydrogens is 430 g/mol. The van der Waals surface area contributed by atoms with Crippen molar-refractivity contribution >= 4 is 27.3 Å². The number of methoxy groups -OCH3 is 1. The van der Waals surface area contributed by atoms with Crippen molar-refractivity contribution < 1.29 is 22.7 Å². The molecule has 2 N–H and O–H groups in total. The van der Waals surface area contributed by atoms with Gasteiger partial charge in [-0.2, -0.15) is 0 Å². The molecular formula is C23H29N3O5S. The Morgan fingerprint density at radius 1 is 1.19 bits per heavy atom. The Balaban J connectivity index is 1.75. The van der Waals surface area contributed by atoms with E-state index in [1.165, 1.54) is 13.2 Å². The van der Waals surface area contributed by atoms with Crippen LogP contribution in [0.25, 0.3) is 0 Å². The molecule has 2 aromatic carbocycles. The van der Waals surface area contributed by atoms with Gasteiger partial charge in [0.15, 0.2) is 0 Å². The van der Waals surface area contributed by atoms with Crippen LogP contribution in [-0.2, 0) is 20.2 Å². The maximum atomic E-state index is 13.1. The van der Waals surface area contributed by atoms with E-state index in [1.807, 2.05) is 25.9 Å². The summed E-state index contributed by atoms with van der Waals surface area (Å²) in [6, 6.07) is 9.83. The lowest BCUT2D eigenvalue weighted by molar-refractivity contribution is -0.123. The third-order valence-corrected chi connectivity index (χ3v) is 7.48. The number of para-hydroxylation sites is 1. The van der Waals surface area contributed by atoms with Crippen LogP contribution in [0.2, 0.25) is 0 Å². The molecule has 32 heavy (non-hydrogen) atoms. The number of nitrogens with zero attached hydrogens (tertiary/aromatic N) is 1. The number of nitrogens with one attached hydrogen (secondary N) is 2. The third-order valence-electron chi connectivity index (χ3n) is 6.06. The number of benzene rings is 2. The molecule has 1 aliphatic carbocycles. The highest BCUT2D eigenvalue weighted by Crippen LogP contribution is 2.54. The number of anilines is 2. The molecule has 0 saturated heterocycles. The van der Waals surface area contributed by atoms with Gasteiger partial charge < -0.3 is 19.7 Å². The van der Waals surface area contributed by atoms with E-state index in [4.69, 9.17) is 9.47 Å². The lowest BCUT2D eigenvalue weighted by Crippen LogP contribution is -2.40. The number of hydrogen-bond donors (Lipinski definition) is 2. The molecule has 1 spiro atoms. The minimum atomic E-state index is -3.92. The van der Waals surface area contributed by atoms with Gasteiger partial charge >= 0.3 is 0 Å². The molecule has 1 saturated carbocycles. The normalized spacial score (nSPS) is 17.5. The van der Waals surface area contributed by atoms with Gasteiger partial charge in [-0.05, 0) is 57.6 Å². The van der Waals surface area contributed by atoms with Gasteiger partial charge in [-0.25, -0.2) is 8.42 Å². The number of amides is 1. The zero-order valence-corrected chi connectivity index (χ0v) is 19.6. The molecule has 4 rings (SSSR count). The summed E-state index contributed by atoms with van der Waals surface area (Å²) in [5.41, 5.74) is 1.18. The lowest BCUT2D eigenvalue weighted by atomic mass is 9.65. The molecule has 2 aromatic rings. The number of fused-ring (bicyclic) bond motifs is 2. The van der Waals surface area contributed by atoms with E-state index in [-0.39, 0.29) is 22.7 Å². The number of sulfonamides is 1. The van der Waals surface area contributed by atoms with Gasteiger partial charge in [0.1, 0.15) is 22.5 Å². The van der Waals surface area contributed by atoms with E-state index in [1.54, 1.807) is 30.3 Å². The highest BCUT2D eigenvalue weighted by Gasteiger charge is 2.52. The predicted molar refractivity (Wildman–Crippen MR) is 123 cm³/mol. The summed E-state index contributed by atoms with van der Waals surface area (Å²) in [5, 5.41) is 2.98. The SMILES string of the molecule is COc1ccccc1S(=O)(=O)Nc1cc(OC(C)CN(C)C)c2c(c1)C1(CCC1)C(=O)N2. The van der Waals surface area contributed by atoms with E-state index in [0.717, 1.165) is 24.8 Å². The highest BCUT2D eigenvalue weighted by molar-refractivity contribution is 7.92. The Kier molecular flexibility index (Phi) is 5.81. The molecule has 0 bridgehead atoms. The van der Waals surface area contributed by atoms with Crippen LogP contribution in [0.15, 0.2) is 41.3 Å². The van der Waals surface area contributed by atoms with E-state index in [2.05, 4.69) is 10.0 Å². The predicted octanol–water partition coefficient (Wildman–Crippen LogP) is 3.20. The van der Waals surface area contributed by atoms with Gasteiger partial charge in [-0.15, -0.1) is 0 Å². The van der Waals surface area contributed by atoms with E-state index < -0.39 is 15.4 Å². The summed E-state index contributed by atoms with van der Waals surface area (Å²) < 4.78 is 40.3. The minimum absolute atomic E-state index is 0.0407. The van der Waals surface area contributed by atoms with E-state index >= 15 is 0 Å². The largest absolute Gasteiger partial charge is 0.495 e. The maximum absolute atomic E-state index is 13.1. The van der Waals surface area contributed by atoms with Crippen LogP contribution in [0.1, 0.15) is 31.7 Å². The molecule has 1 heterocycles. The fourth-order valence-electron chi connectivity index (χ4n) is 4.48. The van der Waals surface area contributed by atoms with E-state index in [9.17, 15) is 13.2 Å². The van der Waals surface area contributed by atoms with Gasteiger partial charge in [0.2, 0.25) is 5.91 Å². The second kappa shape index (κ2) is 8.29. The number of carbonyl (C=O) groups is 1. The van der Waals surface area contributed by atoms with Crippen molar-refractivity contribution in [3.05, 3.63) is 42.0 Å². The van der Waals surface area contributed by atoms with Crippen molar-refractivity contribution in [3.8, 4) is 11.5 Å². The molecule has 8 nitrogen and oxygen atoms in total. The number of carbonyl (C=O) groups excluding carboxylic acids is 1. The average Bonchev–Trinajstić information content (AvgIpc) is 2.99. The topological polar surface area (TPSA) is 97.0 Å². The number of ether oxygens (including phenoxy) is 2. The van der Waals surface area contributed by atoms with Crippen LogP contribution >= 0.6 is 0 Å². The fourth-order valence-corrected chi connectivity index (χ4v) is 5.69. The molecule has 1 amide bonds. The Hall–Kier alpha value is -2.78. The van der Waals surface area contributed by atoms with Crippen molar-refractivity contribution in [2.24, 2.45) is 0 Å². The first-order chi connectivity index (χ1) is 15.2. The van der Waals surface area contributed by atoms with Gasteiger partial charge in [0.05, 0.1) is 23.9 Å². The average molecular weight is 460 g/mol. The van der Waals surface area contributed by atoms with Crippen LogP contribution in [0.4, 0.5) is 11.4 Å². The van der Waals surface area contributed by atoms with Crippen molar-refractivity contribution in [3.63, 3.8) is 0 Å². The lowest BCUT2D eigenvalue weighted by Gasteiger charge is -2.36. The van der Waals surface area contributed by atoms with E-state index in [0.29, 0.717) is 23.7 Å². The zero-order valence-electron chi connectivity index (χ0n) is 18.8. The zero-order chi connectivity index (χ0) is 23.1. The van der Waals surface area contributed by atoms with Crippen LogP contribution in [-0.4, -0.2) is 53.1 Å². The Labute approximate surface area is 189 Å². The first kappa shape index (κ1) is 22.4. The Morgan fingerprint density at radius 2 is 1.91 bits per heavy atom. The molecule has 1 aliphatic heterocycles. The standard InChI is InChI=1S/C23H29N3O5S/c1-15(14-26(2)3)31-19-13-16(12-17-21(19)24-22(27)23(17)10-7-11-23)25-32(28,29)20-9-6-5-8-18(20)30-4/h5-6,8-9,12-13,15,25H,7,10-11,14H2,1-4H3,(H,24,27). The molecule has 172 valence electrons. The summed E-state index contributed by atoms with van der Waals surface area (Å²) in [7, 11) is 1.41. The van der Waals surface area contributed by atoms with Crippen molar-refractivity contribution in [1.29, 1.82) is 0 Å². The summed E-state index contributed by atoms with van der Waals surface area (Å²) >= 11 is 0. The first-order valence-corrected chi connectivity index (χ1v) is 12.1. The van der Waals surface area contributed by atoms with Crippen molar-refractivity contribution in [2.75, 3.05) is 37.8 Å². The number of hydrogen-bond acceptors (Lipinski definition) is 6. The minimum Gasteiger partial charge on any atom is -0.495 e. The van der Waals surface area contributed by atoms with Crippen molar-refractivity contribution in [2.45, 2.75) is 42.6 Å². The second-order valence-corrected chi connectivity index (χ2v) is 10.4. The summed E-state index contributed by atoms with van der Waals surface area (Å²) in [6.45, 7) is 2.61. The van der Waals surface area contributed by atoms with Gasteiger partial charge in [0, 0.05) is 12.6 Å². The summed E-state index contributed by atoms with van der Waals surface area (Å²) in [6.07, 6.45) is 2.27. The summed E-state index contributed by atoms with van der Waals surface area (Å²) in [5.74, 6) is 0.671. The quantitative estimate of drug-likeness (QED) is 0.629. The third kappa shape index (κ3) is 3.91. The molecule has 9 heteroatoms. The molecule has 1 atom stereocenters. The Morgan fingerprint density at radius 3 is 2.53 bits per heavy atom. The molecule has 1 unspecified atom stereocenters. The molecule has 0 radical (unpaired) electrons. The summed E-state index contributed by atoms with van der Waals surface area (Å²) in [4.78, 5) is 14.9. The van der Waals surface area contributed by atoms with Crippen LogP contribution in [0, 0.1) is 0 Å².